The molecule has 7 nitrogen and oxygen atoms in total. The molecule has 0 unspecified atom stereocenters. The maximum absolute atomic E-state index is 12.9. The van der Waals surface area contributed by atoms with Gasteiger partial charge in [0, 0.05) is 37.2 Å². The highest BCUT2D eigenvalue weighted by Crippen LogP contribution is 2.29. The van der Waals surface area contributed by atoms with Crippen molar-refractivity contribution in [2.45, 2.75) is 38.6 Å². The van der Waals surface area contributed by atoms with Gasteiger partial charge in [-0.15, -0.1) is 0 Å². The second-order valence-corrected chi connectivity index (χ2v) is 8.50. The first-order valence-electron chi connectivity index (χ1n) is 10.0. The van der Waals surface area contributed by atoms with E-state index >= 15 is 0 Å². The minimum absolute atomic E-state index is 0.0277. The summed E-state index contributed by atoms with van der Waals surface area (Å²) in [7, 11) is 1.79. The summed E-state index contributed by atoms with van der Waals surface area (Å²) < 4.78 is 0. The van der Waals surface area contributed by atoms with Gasteiger partial charge in [-0.2, -0.15) is 0 Å². The van der Waals surface area contributed by atoms with E-state index in [0.717, 1.165) is 12.8 Å². The summed E-state index contributed by atoms with van der Waals surface area (Å²) >= 11 is 11.9. The van der Waals surface area contributed by atoms with Gasteiger partial charge in [-0.05, 0) is 56.0 Å². The minimum Gasteiger partial charge on any atom is -0.343 e. The Hall–Kier alpha value is -2.64. The highest BCUT2D eigenvalue weighted by atomic mass is 35.5. The van der Waals surface area contributed by atoms with Crippen LogP contribution < -0.4 is 10.6 Å². The molecule has 2 aromatic rings. The number of aromatic nitrogens is 1. The Morgan fingerprint density at radius 1 is 1.00 bits per heavy atom. The molecule has 3 amide bonds. The van der Waals surface area contributed by atoms with Crippen molar-refractivity contribution < 1.29 is 14.4 Å². The van der Waals surface area contributed by atoms with Gasteiger partial charge in [-0.1, -0.05) is 23.2 Å². The predicted octanol–water partition coefficient (Wildman–Crippen LogP) is 4.62. The molecule has 1 aromatic heterocycles. The Morgan fingerprint density at radius 2 is 1.68 bits per heavy atom. The third kappa shape index (κ3) is 5.95. The zero-order valence-corrected chi connectivity index (χ0v) is 18.8. The minimum atomic E-state index is -0.445. The smallest absolute Gasteiger partial charge is 0.258 e. The Morgan fingerprint density at radius 3 is 2.29 bits per heavy atom. The van der Waals surface area contributed by atoms with E-state index in [4.69, 9.17) is 23.2 Å². The molecule has 0 bridgehead atoms. The molecule has 0 radical (unpaired) electrons. The largest absolute Gasteiger partial charge is 0.343 e. The molecule has 0 spiro atoms. The Balaban J connectivity index is 1.68. The molecule has 31 heavy (non-hydrogen) atoms. The number of pyridine rings is 1. The monoisotopic (exact) mass is 462 g/mol. The Kier molecular flexibility index (Phi) is 7.51. The number of nitrogens with zero attached hydrogens (tertiary/aromatic N) is 2. The zero-order chi connectivity index (χ0) is 22.5. The van der Waals surface area contributed by atoms with Crippen molar-refractivity contribution in [2.24, 2.45) is 5.92 Å². The maximum atomic E-state index is 12.9. The highest BCUT2D eigenvalue weighted by molar-refractivity contribution is 6.31. The Bertz CT molecular complexity index is 973. The SMILES string of the molecule is CC(=O)N(C)C1CCC(C(=O)Nc2ccc(Cl)cc2C(=O)Nc2ccc(Cl)cn2)CC1. The first-order chi connectivity index (χ1) is 14.7. The van der Waals surface area contributed by atoms with Crippen LogP contribution in [-0.4, -0.2) is 40.7 Å². The molecule has 9 heteroatoms. The van der Waals surface area contributed by atoms with E-state index in [0.29, 0.717) is 34.4 Å². The van der Waals surface area contributed by atoms with Gasteiger partial charge in [0.2, 0.25) is 11.8 Å². The van der Waals surface area contributed by atoms with E-state index < -0.39 is 5.91 Å². The molecule has 0 saturated heterocycles. The lowest BCUT2D eigenvalue weighted by molar-refractivity contribution is -0.130. The van der Waals surface area contributed by atoms with Crippen LogP contribution in [-0.2, 0) is 9.59 Å². The lowest BCUT2D eigenvalue weighted by Crippen LogP contribution is -2.40. The van der Waals surface area contributed by atoms with Crippen molar-refractivity contribution in [1.29, 1.82) is 0 Å². The topological polar surface area (TPSA) is 91.4 Å². The predicted molar refractivity (Wildman–Crippen MR) is 121 cm³/mol. The van der Waals surface area contributed by atoms with Crippen molar-refractivity contribution in [3.8, 4) is 0 Å². The van der Waals surface area contributed by atoms with Gasteiger partial charge in [0.25, 0.3) is 5.91 Å². The molecule has 1 fully saturated rings. The van der Waals surface area contributed by atoms with Gasteiger partial charge in [0.1, 0.15) is 5.82 Å². The van der Waals surface area contributed by atoms with E-state index in [1.54, 1.807) is 43.1 Å². The third-order valence-corrected chi connectivity index (χ3v) is 6.02. The molecular formula is C22H24Cl2N4O3. The van der Waals surface area contributed by atoms with E-state index in [9.17, 15) is 14.4 Å². The van der Waals surface area contributed by atoms with Crippen LogP contribution in [0.4, 0.5) is 11.5 Å². The van der Waals surface area contributed by atoms with Crippen LogP contribution >= 0.6 is 23.2 Å². The summed E-state index contributed by atoms with van der Waals surface area (Å²) in [6.45, 7) is 1.55. The second-order valence-electron chi connectivity index (χ2n) is 7.63. The van der Waals surface area contributed by atoms with Gasteiger partial charge >= 0.3 is 0 Å². The number of halogens is 2. The molecule has 1 heterocycles. The van der Waals surface area contributed by atoms with Crippen LogP contribution in [0.3, 0.4) is 0 Å². The zero-order valence-electron chi connectivity index (χ0n) is 17.3. The number of anilines is 2. The van der Waals surface area contributed by atoms with Crippen LogP contribution in [0.2, 0.25) is 10.0 Å². The summed E-state index contributed by atoms with van der Waals surface area (Å²) in [6, 6.07) is 8.09. The van der Waals surface area contributed by atoms with E-state index in [1.807, 2.05) is 0 Å². The highest BCUT2D eigenvalue weighted by Gasteiger charge is 2.29. The molecule has 0 atom stereocenters. The van der Waals surface area contributed by atoms with Crippen LogP contribution in [0, 0.1) is 5.92 Å². The van der Waals surface area contributed by atoms with Crippen molar-refractivity contribution >= 4 is 52.4 Å². The fourth-order valence-electron chi connectivity index (χ4n) is 3.66. The number of rotatable bonds is 5. The molecular weight excluding hydrogens is 439 g/mol. The summed E-state index contributed by atoms with van der Waals surface area (Å²) in [5, 5.41) is 6.38. The first-order valence-corrected chi connectivity index (χ1v) is 10.8. The normalized spacial score (nSPS) is 18.2. The van der Waals surface area contributed by atoms with Crippen molar-refractivity contribution in [2.75, 3.05) is 17.7 Å². The standard InChI is InChI=1S/C22H24Cl2N4O3/c1-13(29)28(2)17-7-3-14(4-8-17)21(30)26-19-9-5-15(23)11-18(19)22(31)27-20-10-6-16(24)12-25-20/h5-6,9-12,14,17H,3-4,7-8H2,1-2H3,(H,26,30)(H,25,27,31). The molecule has 1 aliphatic carbocycles. The van der Waals surface area contributed by atoms with Gasteiger partial charge in [-0.3, -0.25) is 14.4 Å². The fourth-order valence-corrected chi connectivity index (χ4v) is 3.95. The third-order valence-electron chi connectivity index (χ3n) is 5.57. The number of amides is 3. The maximum Gasteiger partial charge on any atom is 0.258 e. The second kappa shape index (κ2) is 10.1. The van der Waals surface area contributed by atoms with E-state index in [1.165, 1.54) is 12.3 Å². The molecule has 3 rings (SSSR count). The number of nitrogens with one attached hydrogen (secondary N) is 2. The van der Waals surface area contributed by atoms with Crippen LogP contribution in [0.25, 0.3) is 0 Å². The molecule has 164 valence electrons. The number of hydrogen-bond donors (Lipinski definition) is 2. The number of hydrogen-bond acceptors (Lipinski definition) is 4. The molecule has 2 N–H and O–H groups in total. The number of benzene rings is 1. The molecule has 1 aromatic carbocycles. The van der Waals surface area contributed by atoms with Crippen LogP contribution in [0.1, 0.15) is 43.0 Å². The summed E-state index contributed by atoms with van der Waals surface area (Å²) in [4.78, 5) is 43.0. The lowest BCUT2D eigenvalue weighted by Gasteiger charge is -2.33. The van der Waals surface area contributed by atoms with E-state index in [-0.39, 0.29) is 29.3 Å². The van der Waals surface area contributed by atoms with Crippen LogP contribution in [0.15, 0.2) is 36.5 Å². The molecule has 0 aliphatic heterocycles. The van der Waals surface area contributed by atoms with Gasteiger partial charge in [0.15, 0.2) is 0 Å². The Labute approximate surface area is 191 Å². The quantitative estimate of drug-likeness (QED) is 0.677. The summed E-state index contributed by atoms with van der Waals surface area (Å²) in [6.07, 6.45) is 4.32. The van der Waals surface area contributed by atoms with Crippen molar-refractivity contribution in [3.63, 3.8) is 0 Å². The van der Waals surface area contributed by atoms with Crippen LogP contribution in [0.5, 0.6) is 0 Å². The lowest BCUT2D eigenvalue weighted by atomic mass is 9.84. The fraction of sp³-hybridized carbons (Fsp3) is 0.364. The first kappa shape index (κ1) is 23.0. The number of carbonyl (C=O) groups excluding carboxylic acids is 3. The number of carbonyl (C=O) groups is 3. The summed E-state index contributed by atoms with van der Waals surface area (Å²) in [5.74, 6) is -0.412. The van der Waals surface area contributed by atoms with E-state index in [2.05, 4.69) is 15.6 Å². The van der Waals surface area contributed by atoms with Gasteiger partial charge < -0.3 is 15.5 Å². The average Bonchev–Trinajstić information content (AvgIpc) is 2.76. The summed E-state index contributed by atoms with van der Waals surface area (Å²) in [5.41, 5.74) is 0.617. The molecule has 1 saturated carbocycles. The van der Waals surface area contributed by atoms with Crippen molar-refractivity contribution in [3.05, 3.63) is 52.1 Å². The molecule has 1 aliphatic rings. The van der Waals surface area contributed by atoms with Gasteiger partial charge in [-0.25, -0.2) is 4.98 Å². The van der Waals surface area contributed by atoms with Gasteiger partial charge in [0.05, 0.1) is 16.3 Å². The average molecular weight is 463 g/mol. The van der Waals surface area contributed by atoms with Crippen molar-refractivity contribution in [1.82, 2.24) is 9.88 Å².